The maximum atomic E-state index is 12.4. The summed E-state index contributed by atoms with van der Waals surface area (Å²) in [5.41, 5.74) is 1.44. The Labute approximate surface area is 165 Å². The number of benzene rings is 2. The molecule has 28 heavy (non-hydrogen) atoms. The van der Waals surface area contributed by atoms with Crippen LogP contribution >= 0.6 is 0 Å². The van der Waals surface area contributed by atoms with E-state index in [1.165, 1.54) is 0 Å². The fourth-order valence-electron chi connectivity index (χ4n) is 3.27. The summed E-state index contributed by atoms with van der Waals surface area (Å²) in [6.45, 7) is 6.11. The lowest BCUT2D eigenvalue weighted by Gasteiger charge is -2.17. The van der Waals surface area contributed by atoms with Crippen LogP contribution in [0.1, 0.15) is 30.6 Å². The Morgan fingerprint density at radius 3 is 2.14 bits per heavy atom. The van der Waals surface area contributed by atoms with Gasteiger partial charge in [-0.3, -0.25) is 9.59 Å². The number of anilines is 1. The highest BCUT2D eigenvalue weighted by Crippen LogP contribution is 2.26. The second kappa shape index (κ2) is 9.26. The molecule has 3 rings (SSSR count). The monoisotopic (exact) mass is 382 g/mol. The van der Waals surface area contributed by atoms with E-state index in [9.17, 15) is 9.59 Å². The molecular formula is C22H26N2O4. The molecule has 148 valence electrons. The highest BCUT2D eigenvalue weighted by Gasteiger charge is 2.30. The van der Waals surface area contributed by atoms with E-state index in [-0.39, 0.29) is 17.7 Å². The first-order valence-corrected chi connectivity index (χ1v) is 9.65. The minimum atomic E-state index is -0.144. The standard InChI is InChI=1S/C22H26N2O4/c1-3-27-19-9-5-17(6-10-19)22(26)23-14-16-13-21(25)24(15-16)18-7-11-20(12-8-18)28-4-2/h5-12,16H,3-4,13-15H2,1-2H3,(H,23,26). The molecule has 6 nitrogen and oxygen atoms in total. The molecule has 1 unspecified atom stereocenters. The van der Waals surface area contributed by atoms with Crippen LogP contribution in [0.15, 0.2) is 48.5 Å². The average molecular weight is 382 g/mol. The van der Waals surface area contributed by atoms with Gasteiger partial charge < -0.3 is 19.7 Å². The maximum Gasteiger partial charge on any atom is 0.251 e. The van der Waals surface area contributed by atoms with E-state index in [0.717, 1.165) is 17.2 Å². The zero-order valence-electron chi connectivity index (χ0n) is 16.3. The third kappa shape index (κ3) is 4.82. The summed E-state index contributed by atoms with van der Waals surface area (Å²) in [4.78, 5) is 26.5. The van der Waals surface area contributed by atoms with Gasteiger partial charge in [0.25, 0.3) is 5.91 Å². The minimum Gasteiger partial charge on any atom is -0.494 e. The number of nitrogens with one attached hydrogen (secondary N) is 1. The van der Waals surface area contributed by atoms with E-state index >= 15 is 0 Å². The van der Waals surface area contributed by atoms with E-state index in [2.05, 4.69) is 5.32 Å². The highest BCUT2D eigenvalue weighted by atomic mass is 16.5. The van der Waals surface area contributed by atoms with Gasteiger partial charge >= 0.3 is 0 Å². The van der Waals surface area contributed by atoms with Crippen molar-refractivity contribution in [2.45, 2.75) is 20.3 Å². The lowest BCUT2D eigenvalue weighted by atomic mass is 10.1. The molecule has 0 saturated carbocycles. The van der Waals surface area contributed by atoms with Crippen LogP contribution in [0.4, 0.5) is 5.69 Å². The van der Waals surface area contributed by atoms with E-state index in [4.69, 9.17) is 9.47 Å². The van der Waals surface area contributed by atoms with Crippen LogP contribution in [0.2, 0.25) is 0 Å². The number of carbonyl (C=O) groups is 2. The molecule has 1 heterocycles. The topological polar surface area (TPSA) is 67.9 Å². The van der Waals surface area contributed by atoms with Crippen LogP contribution in [-0.2, 0) is 4.79 Å². The first-order valence-electron chi connectivity index (χ1n) is 9.65. The number of carbonyl (C=O) groups excluding carboxylic acids is 2. The lowest BCUT2D eigenvalue weighted by molar-refractivity contribution is -0.117. The van der Waals surface area contributed by atoms with E-state index < -0.39 is 0 Å². The van der Waals surface area contributed by atoms with E-state index in [1.807, 2.05) is 38.1 Å². The predicted octanol–water partition coefficient (Wildman–Crippen LogP) is 3.27. The van der Waals surface area contributed by atoms with Crippen LogP contribution in [0, 0.1) is 5.92 Å². The van der Waals surface area contributed by atoms with Crippen LogP contribution in [-0.4, -0.2) is 38.1 Å². The van der Waals surface area contributed by atoms with Crippen molar-refractivity contribution in [1.29, 1.82) is 0 Å². The SMILES string of the molecule is CCOc1ccc(C(=O)NCC2CC(=O)N(c3ccc(OCC)cc3)C2)cc1. The first kappa shape index (κ1) is 19.7. The average Bonchev–Trinajstić information content (AvgIpc) is 3.08. The molecule has 1 atom stereocenters. The zero-order chi connectivity index (χ0) is 19.9. The highest BCUT2D eigenvalue weighted by molar-refractivity contribution is 5.96. The predicted molar refractivity (Wildman–Crippen MR) is 108 cm³/mol. The van der Waals surface area contributed by atoms with Gasteiger partial charge in [-0.05, 0) is 62.4 Å². The Hall–Kier alpha value is -3.02. The molecular weight excluding hydrogens is 356 g/mol. The van der Waals surface area contributed by atoms with Crippen LogP contribution in [0.3, 0.4) is 0 Å². The number of hydrogen-bond acceptors (Lipinski definition) is 4. The third-order valence-electron chi connectivity index (χ3n) is 4.64. The molecule has 0 spiro atoms. The molecule has 2 aromatic carbocycles. The van der Waals surface area contributed by atoms with Crippen LogP contribution in [0.5, 0.6) is 11.5 Å². The Morgan fingerprint density at radius 2 is 1.57 bits per heavy atom. The molecule has 1 saturated heterocycles. The van der Waals surface area contributed by atoms with E-state index in [0.29, 0.717) is 38.3 Å². The Balaban J connectivity index is 1.53. The number of nitrogens with zero attached hydrogens (tertiary/aromatic N) is 1. The first-order chi connectivity index (χ1) is 13.6. The maximum absolute atomic E-state index is 12.4. The van der Waals surface area contributed by atoms with Crippen molar-refractivity contribution in [3.63, 3.8) is 0 Å². The fourth-order valence-corrected chi connectivity index (χ4v) is 3.27. The van der Waals surface area contributed by atoms with Gasteiger partial charge in [0.2, 0.25) is 5.91 Å². The van der Waals surface area contributed by atoms with Crippen molar-refractivity contribution in [2.24, 2.45) is 5.92 Å². The molecule has 2 aromatic rings. The Morgan fingerprint density at radius 1 is 1.00 bits per heavy atom. The van der Waals surface area contributed by atoms with Crippen molar-refractivity contribution in [3.8, 4) is 11.5 Å². The minimum absolute atomic E-state index is 0.0736. The van der Waals surface area contributed by atoms with Gasteiger partial charge in [0.05, 0.1) is 13.2 Å². The van der Waals surface area contributed by atoms with Crippen molar-refractivity contribution in [3.05, 3.63) is 54.1 Å². The molecule has 0 radical (unpaired) electrons. The number of ether oxygens (including phenoxy) is 2. The number of amides is 2. The van der Waals surface area contributed by atoms with Gasteiger partial charge in [-0.15, -0.1) is 0 Å². The number of hydrogen-bond donors (Lipinski definition) is 1. The molecule has 1 fully saturated rings. The normalized spacial score (nSPS) is 16.1. The summed E-state index contributed by atoms with van der Waals surface area (Å²) in [5.74, 6) is 1.55. The summed E-state index contributed by atoms with van der Waals surface area (Å²) in [6, 6.07) is 14.6. The van der Waals surface area contributed by atoms with Crippen molar-refractivity contribution in [1.82, 2.24) is 5.32 Å². The number of rotatable bonds is 8. The molecule has 1 N–H and O–H groups in total. The molecule has 2 amide bonds. The summed E-state index contributed by atoms with van der Waals surface area (Å²) in [5, 5.41) is 2.93. The summed E-state index contributed by atoms with van der Waals surface area (Å²) >= 11 is 0. The Bertz CT molecular complexity index is 802. The summed E-state index contributed by atoms with van der Waals surface area (Å²) in [7, 11) is 0. The molecule has 0 aromatic heterocycles. The molecule has 1 aliphatic heterocycles. The van der Waals surface area contributed by atoms with Gasteiger partial charge in [-0.1, -0.05) is 0 Å². The molecule has 1 aliphatic rings. The smallest absolute Gasteiger partial charge is 0.251 e. The molecule has 0 aliphatic carbocycles. The van der Waals surface area contributed by atoms with Gasteiger partial charge in [-0.2, -0.15) is 0 Å². The second-order valence-corrected chi connectivity index (χ2v) is 6.67. The van der Waals surface area contributed by atoms with Gasteiger partial charge in [0, 0.05) is 36.7 Å². The fraction of sp³-hybridized carbons (Fsp3) is 0.364. The third-order valence-corrected chi connectivity index (χ3v) is 4.64. The van der Waals surface area contributed by atoms with Crippen molar-refractivity contribution < 1.29 is 19.1 Å². The summed E-state index contributed by atoms with van der Waals surface area (Å²) in [6.07, 6.45) is 0.427. The van der Waals surface area contributed by atoms with Crippen LogP contribution < -0.4 is 19.7 Å². The Kier molecular flexibility index (Phi) is 6.53. The molecule has 6 heteroatoms. The lowest BCUT2D eigenvalue weighted by Crippen LogP contribution is -2.31. The molecule has 0 bridgehead atoms. The zero-order valence-corrected chi connectivity index (χ0v) is 16.3. The van der Waals surface area contributed by atoms with Crippen molar-refractivity contribution >= 4 is 17.5 Å². The quantitative estimate of drug-likeness (QED) is 0.761. The van der Waals surface area contributed by atoms with Gasteiger partial charge in [0.1, 0.15) is 11.5 Å². The van der Waals surface area contributed by atoms with E-state index in [1.54, 1.807) is 29.2 Å². The van der Waals surface area contributed by atoms with Gasteiger partial charge in [0.15, 0.2) is 0 Å². The van der Waals surface area contributed by atoms with Crippen molar-refractivity contribution in [2.75, 3.05) is 31.2 Å². The van der Waals surface area contributed by atoms with Crippen LogP contribution in [0.25, 0.3) is 0 Å². The largest absolute Gasteiger partial charge is 0.494 e. The second-order valence-electron chi connectivity index (χ2n) is 6.67. The summed E-state index contributed by atoms with van der Waals surface area (Å²) < 4.78 is 10.8. The van der Waals surface area contributed by atoms with Gasteiger partial charge in [-0.25, -0.2) is 0 Å².